The van der Waals surface area contributed by atoms with Crippen LogP contribution < -0.4 is 5.32 Å². The highest BCUT2D eigenvalue weighted by Crippen LogP contribution is 2.16. The van der Waals surface area contributed by atoms with Crippen molar-refractivity contribution in [2.75, 3.05) is 26.3 Å². The summed E-state index contributed by atoms with van der Waals surface area (Å²) in [7, 11) is 0. The molecule has 0 radical (unpaired) electrons. The third-order valence-electron chi connectivity index (χ3n) is 3.65. The van der Waals surface area contributed by atoms with Crippen molar-refractivity contribution < 1.29 is 9.84 Å². The number of nitrogens with one attached hydrogen (secondary N) is 1. The summed E-state index contributed by atoms with van der Waals surface area (Å²) in [5.41, 5.74) is 2.32. The Morgan fingerprint density at radius 2 is 1.76 bits per heavy atom. The fourth-order valence-corrected chi connectivity index (χ4v) is 2.15. The van der Waals surface area contributed by atoms with Gasteiger partial charge in [-0.15, -0.1) is 0 Å². The molecule has 21 heavy (non-hydrogen) atoms. The summed E-state index contributed by atoms with van der Waals surface area (Å²) in [6.45, 7) is 7.81. The number of unbranched alkanes of at least 4 members (excludes halogenated alkanes) is 1. The maximum atomic E-state index is 10.1. The zero-order chi connectivity index (χ0) is 15.3. The van der Waals surface area contributed by atoms with Crippen molar-refractivity contribution in [3.63, 3.8) is 0 Å². The van der Waals surface area contributed by atoms with E-state index in [1.165, 1.54) is 12.0 Å². The highest BCUT2D eigenvalue weighted by Gasteiger charge is 2.06. The highest BCUT2D eigenvalue weighted by molar-refractivity contribution is 5.24. The minimum Gasteiger partial charge on any atom is -0.388 e. The fourth-order valence-electron chi connectivity index (χ4n) is 2.15. The number of rotatable bonds is 12. The molecule has 1 rings (SSSR count). The molecule has 120 valence electrons. The molecule has 0 saturated heterocycles. The first-order valence-corrected chi connectivity index (χ1v) is 8.33. The summed E-state index contributed by atoms with van der Waals surface area (Å²) in [5.74, 6) is 0. The molecule has 2 N–H and O–H groups in total. The van der Waals surface area contributed by atoms with E-state index in [0.29, 0.717) is 0 Å². The predicted molar refractivity (Wildman–Crippen MR) is 88.6 cm³/mol. The quantitative estimate of drug-likeness (QED) is 0.580. The van der Waals surface area contributed by atoms with Gasteiger partial charge in [-0.2, -0.15) is 0 Å². The van der Waals surface area contributed by atoms with Crippen molar-refractivity contribution in [2.45, 2.75) is 52.1 Å². The average molecular weight is 293 g/mol. The molecule has 0 spiro atoms. The van der Waals surface area contributed by atoms with E-state index in [0.717, 1.165) is 57.6 Å². The van der Waals surface area contributed by atoms with E-state index >= 15 is 0 Å². The number of benzene rings is 1. The van der Waals surface area contributed by atoms with Crippen molar-refractivity contribution in [3.05, 3.63) is 35.4 Å². The molecule has 0 aliphatic rings. The van der Waals surface area contributed by atoms with Gasteiger partial charge in [0.25, 0.3) is 0 Å². The van der Waals surface area contributed by atoms with Crippen molar-refractivity contribution in [2.24, 2.45) is 0 Å². The lowest BCUT2D eigenvalue weighted by Crippen LogP contribution is -2.20. The van der Waals surface area contributed by atoms with Gasteiger partial charge in [0.15, 0.2) is 0 Å². The van der Waals surface area contributed by atoms with Crippen LogP contribution in [-0.4, -0.2) is 31.4 Å². The van der Waals surface area contributed by atoms with Crippen molar-refractivity contribution in [1.82, 2.24) is 5.32 Å². The molecule has 1 unspecified atom stereocenters. The summed E-state index contributed by atoms with van der Waals surface area (Å²) < 4.78 is 5.50. The van der Waals surface area contributed by atoms with Gasteiger partial charge in [0.1, 0.15) is 0 Å². The summed E-state index contributed by atoms with van der Waals surface area (Å²) in [6, 6.07) is 8.26. The van der Waals surface area contributed by atoms with Crippen molar-refractivity contribution >= 4 is 0 Å². The van der Waals surface area contributed by atoms with Gasteiger partial charge in [0.2, 0.25) is 0 Å². The minimum absolute atomic E-state index is 0.371. The Hall–Kier alpha value is -0.900. The van der Waals surface area contributed by atoms with Gasteiger partial charge in [-0.25, -0.2) is 0 Å². The molecule has 3 heteroatoms. The Kier molecular flexibility index (Phi) is 10.1. The van der Waals surface area contributed by atoms with E-state index in [1.807, 2.05) is 12.1 Å². The number of hydrogen-bond acceptors (Lipinski definition) is 3. The van der Waals surface area contributed by atoms with E-state index in [4.69, 9.17) is 4.74 Å². The van der Waals surface area contributed by atoms with Gasteiger partial charge < -0.3 is 15.2 Å². The Morgan fingerprint density at radius 1 is 1.05 bits per heavy atom. The second-order valence-electron chi connectivity index (χ2n) is 5.47. The molecule has 0 saturated carbocycles. The van der Waals surface area contributed by atoms with Crippen LogP contribution >= 0.6 is 0 Å². The number of ether oxygens (including phenoxy) is 1. The first kappa shape index (κ1) is 18.1. The third-order valence-corrected chi connectivity index (χ3v) is 3.65. The van der Waals surface area contributed by atoms with E-state index < -0.39 is 0 Å². The van der Waals surface area contributed by atoms with Gasteiger partial charge in [0, 0.05) is 13.2 Å². The van der Waals surface area contributed by atoms with Gasteiger partial charge in [-0.3, -0.25) is 0 Å². The van der Waals surface area contributed by atoms with E-state index in [-0.39, 0.29) is 6.10 Å². The van der Waals surface area contributed by atoms with Crippen LogP contribution in [-0.2, 0) is 11.2 Å². The zero-order valence-electron chi connectivity index (χ0n) is 13.6. The van der Waals surface area contributed by atoms with Crippen LogP contribution in [0.4, 0.5) is 0 Å². The van der Waals surface area contributed by atoms with Crippen LogP contribution in [0.2, 0.25) is 0 Å². The summed E-state index contributed by atoms with van der Waals surface area (Å²) in [6.07, 6.45) is 4.79. The lowest BCUT2D eigenvalue weighted by Gasteiger charge is -2.12. The molecular formula is C18H31NO2. The first-order chi connectivity index (χ1) is 10.3. The zero-order valence-corrected chi connectivity index (χ0v) is 13.6. The molecular weight excluding hydrogens is 262 g/mol. The number of aliphatic hydroxyl groups excluding tert-OH is 1. The molecule has 0 aliphatic heterocycles. The highest BCUT2D eigenvalue weighted by atomic mass is 16.5. The average Bonchev–Trinajstić information content (AvgIpc) is 2.53. The lowest BCUT2D eigenvalue weighted by molar-refractivity contribution is 0.128. The SMILES string of the molecule is CCCCOCCCNCCC(O)c1ccc(CC)cc1. The van der Waals surface area contributed by atoms with Crippen LogP contribution in [0.1, 0.15) is 56.8 Å². The maximum Gasteiger partial charge on any atom is 0.0802 e. The second-order valence-corrected chi connectivity index (χ2v) is 5.47. The monoisotopic (exact) mass is 293 g/mol. The Labute approximate surface area is 129 Å². The normalized spacial score (nSPS) is 12.5. The Bertz CT molecular complexity index is 351. The smallest absolute Gasteiger partial charge is 0.0802 e. The van der Waals surface area contributed by atoms with Crippen LogP contribution in [0.15, 0.2) is 24.3 Å². The predicted octanol–water partition coefficient (Wildman–Crippen LogP) is 3.47. The molecule has 0 bridgehead atoms. The second kappa shape index (κ2) is 11.7. The van der Waals surface area contributed by atoms with Crippen LogP contribution in [0.3, 0.4) is 0 Å². The molecule has 1 atom stereocenters. The van der Waals surface area contributed by atoms with Crippen LogP contribution in [0, 0.1) is 0 Å². The minimum atomic E-state index is -0.371. The molecule has 1 aromatic rings. The standard InChI is InChI=1S/C18H31NO2/c1-3-5-14-21-15-6-12-19-13-11-18(20)17-9-7-16(4-2)8-10-17/h7-10,18-20H,3-6,11-15H2,1-2H3. The lowest BCUT2D eigenvalue weighted by atomic mass is 10.0. The molecule has 0 fully saturated rings. The van der Waals surface area contributed by atoms with E-state index in [1.54, 1.807) is 0 Å². The van der Waals surface area contributed by atoms with Crippen molar-refractivity contribution in [1.29, 1.82) is 0 Å². The van der Waals surface area contributed by atoms with E-state index in [9.17, 15) is 5.11 Å². The van der Waals surface area contributed by atoms with Crippen LogP contribution in [0.5, 0.6) is 0 Å². The largest absolute Gasteiger partial charge is 0.388 e. The molecule has 0 amide bonds. The molecule has 1 aromatic carbocycles. The summed E-state index contributed by atoms with van der Waals surface area (Å²) >= 11 is 0. The number of aliphatic hydroxyl groups is 1. The number of aryl methyl sites for hydroxylation is 1. The topological polar surface area (TPSA) is 41.5 Å². The van der Waals surface area contributed by atoms with Gasteiger partial charge >= 0.3 is 0 Å². The number of hydrogen-bond donors (Lipinski definition) is 2. The van der Waals surface area contributed by atoms with Gasteiger partial charge in [0.05, 0.1) is 6.10 Å². The van der Waals surface area contributed by atoms with Crippen molar-refractivity contribution in [3.8, 4) is 0 Å². The molecule has 0 heterocycles. The molecule has 3 nitrogen and oxygen atoms in total. The van der Waals surface area contributed by atoms with E-state index in [2.05, 4.69) is 31.3 Å². The maximum absolute atomic E-state index is 10.1. The van der Waals surface area contributed by atoms with Gasteiger partial charge in [-0.1, -0.05) is 44.5 Å². The fraction of sp³-hybridized carbons (Fsp3) is 0.667. The summed E-state index contributed by atoms with van der Waals surface area (Å²) in [5, 5.41) is 13.5. The summed E-state index contributed by atoms with van der Waals surface area (Å²) in [4.78, 5) is 0. The Morgan fingerprint density at radius 3 is 2.43 bits per heavy atom. The first-order valence-electron chi connectivity index (χ1n) is 8.33. The van der Waals surface area contributed by atoms with Crippen LogP contribution in [0.25, 0.3) is 0 Å². The van der Waals surface area contributed by atoms with Gasteiger partial charge in [-0.05, 0) is 49.9 Å². The third kappa shape index (κ3) is 8.20. The Balaban J connectivity index is 2.03. The molecule has 0 aliphatic carbocycles. The molecule has 0 aromatic heterocycles.